The molecular formula is C15H19FN4O3. The first-order valence-electron chi connectivity index (χ1n) is 7.18. The quantitative estimate of drug-likeness (QED) is 0.712. The summed E-state index contributed by atoms with van der Waals surface area (Å²) in [5.41, 5.74) is 0.514. The summed E-state index contributed by atoms with van der Waals surface area (Å²) in [6.07, 6.45) is 0. The van der Waals surface area contributed by atoms with Crippen LogP contribution in [0, 0.1) is 5.82 Å². The molecule has 0 saturated heterocycles. The zero-order valence-electron chi connectivity index (χ0n) is 13.0. The third-order valence-electron chi connectivity index (χ3n) is 3.04. The van der Waals surface area contributed by atoms with Crippen LogP contribution >= 0.6 is 0 Å². The number of methoxy groups -OCH3 is 1. The first-order valence-corrected chi connectivity index (χ1v) is 7.18. The van der Waals surface area contributed by atoms with E-state index in [0.29, 0.717) is 18.7 Å². The first kappa shape index (κ1) is 17.0. The van der Waals surface area contributed by atoms with Crippen molar-refractivity contribution in [2.24, 2.45) is 0 Å². The van der Waals surface area contributed by atoms with Crippen LogP contribution in [0.1, 0.15) is 18.9 Å². The summed E-state index contributed by atoms with van der Waals surface area (Å²) in [7, 11) is 1.59. The van der Waals surface area contributed by atoms with Gasteiger partial charge in [0, 0.05) is 19.2 Å². The molecular weight excluding hydrogens is 303 g/mol. The summed E-state index contributed by atoms with van der Waals surface area (Å²) in [6.45, 7) is 3.01. The molecule has 1 aromatic carbocycles. The molecule has 0 bridgehead atoms. The Morgan fingerprint density at radius 3 is 3.04 bits per heavy atom. The third kappa shape index (κ3) is 5.11. The molecule has 0 aliphatic rings. The highest BCUT2D eigenvalue weighted by molar-refractivity contribution is 5.78. The molecule has 2 N–H and O–H groups in total. The van der Waals surface area contributed by atoms with Crippen molar-refractivity contribution >= 4 is 5.91 Å². The van der Waals surface area contributed by atoms with Gasteiger partial charge >= 0.3 is 0 Å². The van der Waals surface area contributed by atoms with E-state index in [-0.39, 0.29) is 30.0 Å². The molecule has 8 heteroatoms. The Hall–Kier alpha value is -2.32. The highest BCUT2D eigenvalue weighted by Gasteiger charge is 2.17. The van der Waals surface area contributed by atoms with E-state index in [9.17, 15) is 9.18 Å². The van der Waals surface area contributed by atoms with Crippen molar-refractivity contribution in [1.82, 2.24) is 20.8 Å². The van der Waals surface area contributed by atoms with E-state index in [1.165, 1.54) is 12.1 Å². The highest BCUT2D eigenvalue weighted by Crippen LogP contribution is 2.19. The van der Waals surface area contributed by atoms with Crippen molar-refractivity contribution in [2.75, 3.05) is 26.8 Å². The fraction of sp³-hybridized carbons (Fsp3) is 0.400. The summed E-state index contributed by atoms with van der Waals surface area (Å²) in [5, 5.41) is 9.48. The number of benzene rings is 1. The van der Waals surface area contributed by atoms with Gasteiger partial charge in [0.2, 0.25) is 17.6 Å². The van der Waals surface area contributed by atoms with Gasteiger partial charge in [-0.15, -0.1) is 0 Å². The Balaban J connectivity index is 1.91. The summed E-state index contributed by atoms with van der Waals surface area (Å²) < 4.78 is 23.2. The maximum Gasteiger partial charge on any atom is 0.249 e. The second kappa shape index (κ2) is 8.35. The van der Waals surface area contributed by atoms with Crippen molar-refractivity contribution in [1.29, 1.82) is 0 Å². The van der Waals surface area contributed by atoms with E-state index in [1.54, 1.807) is 26.2 Å². The van der Waals surface area contributed by atoms with Gasteiger partial charge in [-0.05, 0) is 19.1 Å². The minimum Gasteiger partial charge on any atom is -0.383 e. The van der Waals surface area contributed by atoms with Gasteiger partial charge in [-0.25, -0.2) is 4.39 Å². The van der Waals surface area contributed by atoms with Crippen molar-refractivity contribution in [3.63, 3.8) is 0 Å². The lowest BCUT2D eigenvalue weighted by Gasteiger charge is -2.10. The number of amides is 1. The number of rotatable bonds is 8. The van der Waals surface area contributed by atoms with E-state index in [4.69, 9.17) is 9.26 Å². The average Bonchev–Trinajstić information content (AvgIpc) is 3.02. The molecule has 0 aliphatic carbocycles. The number of aromatic nitrogens is 2. The lowest BCUT2D eigenvalue weighted by atomic mass is 10.2. The van der Waals surface area contributed by atoms with Crippen LogP contribution in [0.15, 0.2) is 28.8 Å². The van der Waals surface area contributed by atoms with Crippen LogP contribution in [0.25, 0.3) is 11.4 Å². The van der Waals surface area contributed by atoms with Gasteiger partial charge in [0.15, 0.2) is 0 Å². The van der Waals surface area contributed by atoms with Crippen LogP contribution in [-0.2, 0) is 9.53 Å². The maximum atomic E-state index is 13.2. The first-order chi connectivity index (χ1) is 11.1. The molecule has 2 aromatic rings. The van der Waals surface area contributed by atoms with Crippen LogP contribution in [0.4, 0.5) is 4.39 Å². The molecule has 0 aliphatic heterocycles. The molecule has 1 amide bonds. The van der Waals surface area contributed by atoms with Crippen LogP contribution < -0.4 is 10.6 Å². The average molecular weight is 322 g/mol. The van der Waals surface area contributed by atoms with Gasteiger partial charge in [-0.1, -0.05) is 17.3 Å². The molecule has 1 atom stereocenters. The fourth-order valence-corrected chi connectivity index (χ4v) is 1.89. The fourth-order valence-electron chi connectivity index (χ4n) is 1.89. The van der Waals surface area contributed by atoms with Gasteiger partial charge < -0.3 is 19.9 Å². The SMILES string of the molecule is COCCNCC(=O)NC(C)c1nc(-c2cccc(F)c2)no1. The number of hydrogen-bond donors (Lipinski definition) is 2. The predicted molar refractivity (Wildman–Crippen MR) is 81.0 cm³/mol. The van der Waals surface area contributed by atoms with Crippen molar-refractivity contribution in [3.05, 3.63) is 36.0 Å². The van der Waals surface area contributed by atoms with E-state index >= 15 is 0 Å². The zero-order chi connectivity index (χ0) is 16.7. The minimum absolute atomic E-state index is 0.165. The normalized spacial score (nSPS) is 12.1. The van der Waals surface area contributed by atoms with Crippen molar-refractivity contribution in [3.8, 4) is 11.4 Å². The van der Waals surface area contributed by atoms with Gasteiger partial charge in [-0.2, -0.15) is 4.98 Å². The summed E-state index contributed by atoms with van der Waals surface area (Å²) in [6, 6.07) is 5.46. The molecule has 124 valence electrons. The van der Waals surface area contributed by atoms with Crippen molar-refractivity contribution in [2.45, 2.75) is 13.0 Å². The topological polar surface area (TPSA) is 89.3 Å². The maximum absolute atomic E-state index is 13.2. The Labute approximate surface area is 133 Å². The van der Waals surface area contributed by atoms with E-state index in [2.05, 4.69) is 20.8 Å². The Morgan fingerprint density at radius 2 is 2.30 bits per heavy atom. The van der Waals surface area contributed by atoms with E-state index in [0.717, 1.165) is 0 Å². The predicted octanol–water partition coefficient (Wildman–Crippen LogP) is 1.29. The summed E-state index contributed by atoms with van der Waals surface area (Å²) in [4.78, 5) is 15.9. The molecule has 0 fully saturated rings. The smallest absolute Gasteiger partial charge is 0.249 e. The molecule has 1 heterocycles. The molecule has 0 saturated carbocycles. The number of hydrogen-bond acceptors (Lipinski definition) is 6. The molecule has 23 heavy (non-hydrogen) atoms. The molecule has 1 aromatic heterocycles. The summed E-state index contributed by atoms with van der Waals surface area (Å²) >= 11 is 0. The van der Waals surface area contributed by atoms with Crippen LogP contribution in [0.2, 0.25) is 0 Å². The lowest BCUT2D eigenvalue weighted by Crippen LogP contribution is -2.36. The second-order valence-corrected chi connectivity index (χ2v) is 4.93. The lowest BCUT2D eigenvalue weighted by molar-refractivity contribution is -0.121. The molecule has 1 unspecified atom stereocenters. The highest BCUT2D eigenvalue weighted by atomic mass is 19.1. The van der Waals surface area contributed by atoms with Crippen LogP contribution in [-0.4, -0.2) is 42.9 Å². The number of carbonyl (C=O) groups is 1. The van der Waals surface area contributed by atoms with Gasteiger partial charge in [-0.3, -0.25) is 4.79 Å². The number of halogens is 1. The van der Waals surface area contributed by atoms with Gasteiger partial charge in [0.1, 0.15) is 11.9 Å². The number of ether oxygens (including phenoxy) is 1. The number of carbonyl (C=O) groups excluding carboxylic acids is 1. The molecule has 0 spiro atoms. The summed E-state index contributed by atoms with van der Waals surface area (Å²) in [5.74, 6) is -0.0373. The molecule has 7 nitrogen and oxygen atoms in total. The van der Waals surface area contributed by atoms with E-state index < -0.39 is 6.04 Å². The Morgan fingerprint density at radius 1 is 1.48 bits per heavy atom. The number of nitrogens with zero attached hydrogens (tertiary/aromatic N) is 2. The van der Waals surface area contributed by atoms with Crippen molar-refractivity contribution < 1.29 is 18.4 Å². The van der Waals surface area contributed by atoms with Crippen LogP contribution in [0.3, 0.4) is 0 Å². The minimum atomic E-state index is -0.443. The van der Waals surface area contributed by atoms with E-state index in [1.807, 2.05) is 0 Å². The van der Waals surface area contributed by atoms with Gasteiger partial charge in [0.25, 0.3) is 0 Å². The Bertz CT molecular complexity index is 647. The standard InChI is InChI=1S/C15H19FN4O3/c1-10(18-13(21)9-17-6-7-22-2)15-19-14(20-23-15)11-4-3-5-12(16)8-11/h3-5,8,10,17H,6-7,9H2,1-2H3,(H,18,21). The molecule has 2 rings (SSSR count). The molecule has 0 radical (unpaired) electrons. The second-order valence-electron chi connectivity index (χ2n) is 4.93. The Kier molecular flexibility index (Phi) is 6.19. The zero-order valence-corrected chi connectivity index (χ0v) is 13.0. The largest absolute Gasteiger partial charge is 0.383 e. The third-order valence-corrected chi connectivity index (χ3v) is 3.04. The number of nitrogens with one attached hydrogen (secondary N) is 2. The van der Waals surface area contributed by atoms with Crippen LogP contribution in [0.5, 0.6) is 0 Å². The van der Waals surface area contributed by atoms with Gasteiger partial charge in [0.05, 0.1) is 13.2 Å². The monoisotopic (exact) mass is 322 g/mol.